The molecule has 0 unspecified atom stereocenters. The van der Waals surface area contributed by atoms with Gasteiger partial charge >= 0.3 is 12.1 Å². The smallest absolute Gasteiger partial charge is 0.440 e. The largest absolute Gasteiger partial charge is 0.471 e. The summed E-state index contributed by atoms with van der Waals surface area (Å²) in [5.74, 6) is -2.27. The van der Waals surface area contributed by atoms with E-state index >= 15 is 0 Å². The van der Waals surface area contributed by atoms with Gasteiger partial charge in [-0.2, -0.15) is 13.2 Å². The van der Waals surface area contributed by atoms with Crippen LogP contribution in [0.25, 0.3) is 11.0 Å². The first-order valence-corrected chi connectivity index (χ1v) is 4.33. The van der Waals surface area contributed by atoms with Crippen molar-refractivity contribution in [1.82, 2.24) is 0 Å². The molecule has 0 aliphatic heterocycles. The molecule has 16 heavy (non-hydrogen) atoms. The van der Waals surface area contributed by atoms with Gasteiger partial charge in [-0.1, -0.05) is 18.2 Å². The molecule has 2 aromatic rings. The molecular weight excluding hydrogens is 223 g/mol. The van der Waals surface area contributed by atoms with E-state index in [4.69, 9.17) is 4.42 Å². The van der Waals surface area contributed by atoms with Gasteiger partial charge in [-0.15, -0.1) is 0 Å². The summed E-state index contributed by atoms with van der Waals surface area (Å²) in [4.78, 5) is 10.6. The molecule has 0 spiro atoms. The molecule has 1 N–H and O–H groups in total. The highest BCUT2D eigenvalue weighted by Crippen LogP contribution is 2.24. The Kier molecular flexibility index (Phi) is 2.34. The van der Waals surface area contributed by atoms with Gasteiger partial charge in [0.1, 0.15) is 5.58 Å². The number of para-hydroxylation sites is 1. The van der Waals surface area contributed by atoms with Crippen molar-refractivity contribution in [2.45, 2.75) is 6.18 Å². The van der Waals surface area contributed by atoms with Gasteiger partial charge in [0.2, 0.25) is 5.88 Å². The van der Waals surface area contributed by atoms with Crippen molar-refractivity contribution < 1.29 is 22.4 Å². The van der Waals surface area contributed by atoms with Crippen LogP contribution in [-0.4, -0.2) is 12.1 Å². The van der Waals surface area contributed by atoms with Crippen LogP contribution < -0.4 is 5.32 Å². The van der Waals surface area contributed by atoms with Gasteiger partial charge in [0, 0.05) is 11.5 Å². The molecule has 0 aliphatic carbocycles. The van der Waals surface area contributed by atoms with E-state index in [0.29, 0.717) is 11.0 Å². The van der Waals surface area contributed by atoms with Crippen molar-refractivity contribution in [3.05, 3.63) is 30.3 Å². The van der Waals surface area contributed by atoms with E-state index in [-0.39, 0.29) is 5.88 Å². The molecule has 0 aliphatic rings. The van der Waals surface area contributed by atoms with Crippen LogP contribution in [0.1, 0.15) is 0 Å². The number of halogens is 3. The fourth-order valence-electron chi connectivity index (χ4n) is 1.23. The third-order valence-electron chi connectivity index (χ3n) is 1.92. The van der Waals surface area contributed by atoms with E-state index in [1.807, 2.05) is 0 Å². The van der Waals surface area contributed by atoms with Crippen molar-refractivity contribution >= 4 is 22.8 Å². The van der Waals surface area contributed by atoms with Crippen molar-refractivity contribution in [1.29, 1.82) is 0 Å². The fourth-order valence-corrected chi connectivity index (χ4v) is 1.23. The summed E-state index contributed by atoms with van der Waals surface area (Å²) in [6, 6.07) is 7.99. The van der Waals surface area contributed by atoms with Crippen molar-refractivity contribution in [3.8, 4) is 0 Å². The third kappa shape index (κ3) is 2.00. The van der Waals surface area contributed by atoms with E-state index < -0.39 is 12.1 Å². The second-order valence-corrected chi connectivity index (χ2v) is 3.10. The van der Waals surface area contributed by atoms with Gasteiger partial charge in [-0.05, 0) is 6.07 Å². The molecule has 2 rings (SSSR count). The normalized spacial score (nSPS) is 11.7. The van der Waals surface area contributed by atoms with Crippen LogP contribution in [0.4, 0.5) is 19.1 Å². The molecule has 0 atom stereocenters. The van der Waals surface area contributed by atoms with Gasteiger partial charge in [-0.3, -0.25) is 10.1 Å². The zero-order valence-electron chi connectivity index (χ0n) is 7.84. The number of benzene rings is 1. The van der Waals surface area contributed by atoms with Crippen LogP contribution in [0.3, 0.4) is 0 Å². The van der Waals surface area contributed by atoms with Crippen molar-refractivity contribution in [2.75, 3.05) is 5.32 Å². The molecule has 1 amide bonds. The predicted molar refractivity (Wildman–Crippen MR) is 50.9 cm³/mol. The molecule has 0 bridgehead atoms. The Morgan fingerprint density at radius 1 is 1.25 bits per heavy atom. The summed E-state index contributed by atoms with van der Waals surface area (Å²) < 4.78 is 40.8. The molecular formula is C10H6F3NO2. The Bertz CT molecular complexity index is 497. The van der Waals surface area contributed by atoms with Gasteiger partial charge < -0.3 is 4.42 Å². The second-order valence-electron chi connectivity index (χ2n) is 3.10. The highest BCUT2D eigenvalue weighted by Gasteiger charge is 2.39. The number of hydrogen-bond donors (Lipinski definition) is 1. The SMILES string of the molecule is O=C(Nc1cc2ccccc2o1)C(F)(F)F. The van der Waals surface area contributed by atoms with Crippen molar-refractivity contribution in [3.63, 3.8) is 0 Å². The maximum Gasteiger partial charge on any atom is 0.471 e. The number of fused-ring (bicyclic) bond motifs is 1. The Morgan fingerprint density at radius 3 is 2.56 bits per heavy atom. The first kappa shape index (κ1) is 10.5. The summed E-state index contributed by atoms with van der Waals surface area (Å²) in [7, 11) is 0. The molecule has 1 aromatic carbocycles. The van der Waals surface area contributed by atoms with E-state index in [1.54, 1.807) is 29.6 Å². The molecule has 0 saturated carbocycles. The third-order valence-corrected chi connectivity index (χ3v) is 1.92. The number of alkyl halides is 3. The number of amides is 1. The predicted octanol–water partition coefficient (Wildman–Crippen LogP) is 2.93. The summed E-state index contributed by atoms with van der Waals surface area (Å²) in [5, 5.41) is 2.27. The average Bonchev–Trinajstić information content (AvgIpc) is 2.58. The maximum atomic E-state index is 11.9. The molecule has 6 heteroatoms. The van der Waals surface area contributed by atoms with Crippen LogP contribution >= 0.6 is 0 Å². The lowest BCUT2D eigenvalue weighted by atomic mass is 10.3. The van der Waals surface area contributed by atoms with Crippen LogP contribution in [-0.2, 0) is 4.79 Å². The number of anilines is 1. The van der Waals surface area contributed by atoms with Gasteiger partial charge in [0.05, 0.1) is 0 Å². The average molecular weight is 229 g/mol. The zero-order chi connectivity index (χ0) is 11.8. The van der Waals surface area contributed by atoms with Crippen LogP contribution in [0.2, 0.25) is 0 Å². The monoisotopic (exact) mass is 229 g/mol. The van der Waals surface area contributed by atoms with E-state index in [2.05, 4.69) is 0 Å². The first-order chi connectivity index (χ1) is 7.47. The molecule has 1 heterocycles. The number of rotatable bonds is 1. The lowest BCUT2D eigenvalue weighted by Crippen LogP contribution is -2.29. The quantitative estimate of drug-likeness (QED) is 0.816. The minimum atomic E-state index is -4.92. The Balaban J connectivity index is 2.25. The molecule has 0 fully saturated rings. The number of hydrogen-bond acceptors (Lipinski definition) is 2. The number of carbonyl (C=O) groups is 1. The van der Waals surface area contributed by atoms with Gasteiger partial charge in [-0.25, -0.2) is 0 Å². The summed E-state index contributed by atoms with van der Waals surface area (Å²) >= 11 is 0. The molecule has 0 saturated heterocycles. The highest BCUT2D eigenvalue weighted by molar-refractivity contribution is 5.95. The highest BCUT2D eigenvalue weighted by atomic mass is 19.4. The minimum Gasteiger partial charge on any atom is -0.440 e. The van der Waals surface area contributed by atoms with Gasteiger partial charge in [0.25, 0.3) is 0 Å². The standard InChI is InChI=1S/C10H6F3NO2/c11-10(12,13)9(15)14-8-5-6-3-1-2-4-7(6)16-8/h1-5H,(H,14,15). The summed E-state index contributed by atoms with van der Waals surface area (Å²) in [6.45, 7) is 0. The molecule has 0 radical (unpaired) electrons. The minimum absolute atomic E-state index is 0.219. The lowest BCUT2D eigenvalue weighted by molar-refractivity contribution is -0.167. The molecule has 3 nitrogen and oxygen atoms in total. The van der Waals surface area contributed by atoms with E-state index in [1.165, 1.54) is 6.07 Å². The maximum absolute atomic E-state index is 11.9. The Labute approximate surface area is 87.8 Å². The van der Waals surface area contributed by atoms with E-state index in [9.17, 15) is 18.0 Å². The van der Waals surface area contributed by atoms with E-state index in [0.717, 1.165) is 0 Å². The van der Waals surface area contributed by atoms with Crippen LogP contribution in [0.5, 0.6) is 0 Å². The first-order valence-electron chi connectivity index (χ1n) is 4.33. The molecule has 84 valence electrons. The number of nitrogens with one attached hydrogen (secondary N) is 1. The van der Waals surface area contributed by atoms with Crippen LogP contribution in [0, 0.1) is 0 Å². The van der Waals surface area contributed by atoms with Gasteiger partial charge in [0.15, 0.2) is 0 Å². The van der Waals surface area contributed by atoms with Crippen LogP contribution in [0.15, 0.2) is 34.7 Å². The second kappa shape index (κ2) is 3.55. The fraction of sp³-hybridized carbons (Fsp3) is 0.100. The summed E-state index contributed by atoms with van der Waals surface area (Å²) in [5.41, 5.74) is 0.417. The Morgan fingerprint density at radius 2 is 1.94 bits per heavy atom. The summed E-state index contributed by atoms with van der Waals surface area (Å²) in [6.07, 6.45) is -4.92. The topological polar surface area (TPSA) is 42.2 Å². The number of carbonyl (C=O) groups excluding carboxylic acids is 1. The van der Waals surface area contributed by atoms with Crippen molar-refractivity contribution in [2.24, 2.45) is 0 Å². The number of furan rings is 1. The molecule has 1 aromatic heterocycles. The Hall–Kier alpha value is -1.98. The lowest BCUT2D eigenvalue weighted by Gasteiger charge is -2.04. The zero-order valence-corrected chi connectivity index (χ0v) is 7.84.